The highest BCUT2D eigenvalue weighted by Gasteiger charge is 2.64. The largest absolute Gasteiger partial charge is 0.495 e. The van der Waals surface area contributed by atoms with Gasteiger partial charge in [-0.1, -0.05) is 56.2 Å². The van der Waals surface area contributed by atoms with Crippen molar-refractivity contribution in [3.8, 4) is 5.75 Å². The van der Waals surface area contributed by atoms with Gasteiger partial charge in [0.2, 0.25) is 17.7 Å². The van der Waals surface area contributed by atoms with Gasteiger partial charge in [0.05, 0.1) is 63.9 Å². The highest BCUT2D eigenvalue weighted by atomic mass is 35.5. The summed E-state index contributed by atoms with van der Waals surface area (Å²) < 4.78 is 56.1. The third kappa shape index (κ3) is 19.6. The predicted molar refractivity (Wildman–Crippen MR) is 322 cm³/mol. The monoisotopic (exact) mass is 1290 g/mol. The number of epoxide rings is 1. The number of benzene rings is 2. The van der Waals surface area contributed by atoms with Crippen molar-refractivity contribution in [2.45, 2.75) is 134 Å². The van der Waals surface area contributed by atoms with Gasteiger partial charge in [-0.15, -0.1) is 5.06 Å². The summed E-state index contributed by atoms with van der Waals surface area (Å²) >= 11 is 12.3. The number of imide groups is 1. The zero-order valence-electron chi connectivity index (χ0n) is 50.7. The lowest BCUT2D eigenvalue weighted by molar-refractivity contribution is -0.198. The lowest BCUT2D eigenvalue weighted by atomic mass is 9.83. The molecule has 28 nitrogen and oxygen atoms in total. The maximum atomic E-state index is 16.1. The number of aliphatic hydroxyl groups is 1. The van der Waals surface area contributed by atoms with Crippen molar-refractivity contribution in [3.63, 3.8) is 0 Å². The molecule has 0 aromatic heterocycles. The summed E-state index contributed by atoms with van der Waals surface area (Å²) in [6.07, 6.45) is -1.64. The number of carbonyl (C=O) groups is 9. The molecular formula is C58H78ClFN10O18S. The van der Waals surface area contributed by atoms with Crippen molar-refractivity contribution in [2.75, 3.05) is 76.3 Å². The Bertz CT molecular complexity index is 3020. The van der Waals surface area contributed by atoms with Gasteiger partial charge in [-0.2, -0.15) is 0 Å². The van der Waals surface area contributed by atoms with Gasteiger partial charge >= 0.3 is 24.2 Å². The highest BCUT2D eigenvalue weighted by molar-refractivity contribution is 7.80. The van der Waals surface area contributed by atoms with Crippen LogP contribution in [0.15, 0.2) is 54.1 Å². The van der Waals surface area contributed by atoms with Gasteiger partial charge in [-0.25, -0.2) is 23.6 Å². The fourth-order valence-corrected chi connectivity index (χ4v) is 10.6. The summed E-state index contributed by atoms with van der Waals surface area (Å²) in [5.74, 6) is -5.75. The zero-order chi connectivity index (χ0) is 65.3. The number of urea groups is 1. The Kier molecular flexibility index (Phi) is 25.4. The Morgan fingerprint density at radius 2 is 1.66 bits per heavy atom. The van der Waals surface area contributed by atoms with Crippen LogP contribution >= 0.6 is 23.8 Å². The molecule has 9 atom stereocenters. The van der Waals surface area contributed by atoms with Crippen LogP contribution in [0, 0.1) is 17.7 Å². The number of allylic oxidation sites excluding steroid dienone is 3. The van der Waals surface area contributed by atoms with E-state index in [9.17, 15) is 48.3 Å². The minimum atomic E-state index is -1.94. The van der Waals surface area contributed by atoms with Gasteiger partial charge in [-0.05, 0) is 87.1 Å². The summed E-state index contributed by atoms with van der Waals surface area (Å²) in [5, 5.41) is 31.0. The van der Waals surface area contributed by atoms with E-state index in [1.165, 1.54) is 32.2 Å². The number of nitrogens with zero attached hydrogens (tertiary/aromatic N) is 2. The number of thiocarbonyl (C=S) groups is 1. The zero-order valence-corrected chi connectivity index (χ0v) is 52.2. The Hall–Kier alpha value is -7.74. The summed E-state index contributed by atoms with van der Waals surface area (Å²) in [5.41, 5.74) is 3.24. The van der Waals surface area contributed by atoms with E-state index in [0.717, 1.165) is 17.7 Å². The minimum absolute atomic E-state index is 0.0178. The summed E-state index contributed by atoms with van der Waals surface area (Å²) in [7, 11) is 4.30. The van der Waals surface area contributed by atoms with Crippen LogP contribution in [0.5, 0.6) is 5.75 Å². The van der Waals surface area contributed by atoms with Gasteiger partial charge in [0.15, 0.2) is 10.8 Å². The van der Waals surface area contributed by atoms with E-state index >= 15 is 4.39 Å². The number of ether oxygens (including phenoxy) is 7. The molecule has 2 aromatic rings. The van der Waals surface area contributed by atoms with Gasteiger partial charge < -0.3 is 80.3 Å². The van der Waals surface area contributed by atoms with E-state index in [-0.39, 0.29) is 111 Å². The molecule has 0 aliphatic carbocycles. The van der Waals surface area contributed by atoms with E-state index in [1.54, 1.807) is 58.1 Å². The van der Waals surface area contributed by atoms with Gasteiger partial charge in [-0.3, -0.25) is 34.6 Å². The molecule has 488 valence electrons. The summed E-state index contributed by atoms with van der Waals surface area (Å²) in [4.78, 5) is 122. The average Bonchev–Trinajstić information content (AvgIpc) is 1.59. The molecule has 0 unspecified atom stereocenters. The molecule has 89 heavy (non-hydrogen) atoms. The maximum absolute atomic E-state index is 16.1. The molecule has 0 saturated carbocycles. The number of fused-ring (bicyclic) bond motifs is 5. The van der Waals surface area contributed by atoms with E-state index < -0.39 is 125 Å². The van der Waals surface area contributed by atoms with Crippen LogP contribution in [-0.2, 0) is 68.4 Å². The molecule has 9 amide bonds. The maximum Gasteiger partial charge on any atom is 0.412 e. The van der Waals surface area contributed by atoms with Crippen LogP contribution in [0.3, 0.4) is 0 Å². The number of nitrogens with one attached hydrogen (secondary N) is 7. The second-order valence-corrected chi connectivity index (χ2v) is 22.9. The first-order valence-corrected chi connectivity index (χ1v) is 29.5. The second-order valence-electron chi connectivity index (χ2n) is 22.1. The van der Waals surface area contributed by atoms with E-state index in [2.05, 4.69) is 37.2 Å². The number of rotatable bonds is 24. The molecule has 10 N–H and O–H groups in total. The van der Waals surface area contributed by atoms with Crippen LogP contribution < -0.4 is 52.6 Å². The first kappa shape index (κ1) is 70.3. The highest BCUT2D eigenvalue weighted by Crippen LogP contribution is 2.49. The third-order valence-electron chi connectivity index (χ3n) is 15.1. The lowest BCUT2D eigenvalue weighted by Gasteiger charge is -2.42. The molecule has 31 heteroatoms. The van der Waals surface area contributed by atoms with Crippen molar-refractivity contribution in [1.29, 1.82) is 0 Å². The predicted octanol–water partition coefficient (Wildman–Crippen LogP) is 3.90. The number of primary amides is 1. The van der Waals surface area contributed by atoms with E-state index in [0.29, 0.717) is 17.0 Å². The number of amides is 9. The molecule has 4 bridgehead atoms. The quantitative estimate of drug-likeness (QED) is 0.0311. The molecule has 0 radical (unpaired) electrons. The lowest BCUT2D eigenvalue weighted by Crippen LogP contribution is -2.63. The van der Waals surface area contributed by atoms with E-state index in [1.807, 2.05) is 6.92 Å². The fraction of sp³-hybridized carbons (Fsp3) is 0.552. The molecule has 3 saturated heterocycles. The second kappa shape index (κ2) is 32.1. The number of alkyl carbamates (subject to hydrolysis) is 1. The molecule has 4 heterocycles. The van der Waals surface area contributed by atoms with Crippen molar-refractivity contribution >= 4 is 99.7 Å². The SMILES string of the molecule is COc1cc2cc(c1Cl)N(C)C(=O)C[C@H](OC(=O)Nc1ccc(NC(=O)[C@H](CCCNC(N)=O)NC(=O)[C@@H](NC(=S)NCCOCCOCCC(=O)ON3C(=O)CCC3=O)C(C)C)cc1F)[C@]1(C)O[C@H]1[C@H](C)[C@@H]1C[C@@](O)(NC(=O)O1)[C@H](OC)/C=C/C=C(\C)C2. The number of hydrogen-bond acceptors (Lipinski definition) is 19. The van der Waals surface area contributed by atoms with E-state index in [4.69, 9.17) is 67.5 Å². The van der Waals surface area contributed by atoms with Crippen LogP contribution in [-0.4, -0.2) is 178 Å². The van der Waals surface area contributed by atoms with Crippen molar-refractivity contribution in [2.24, 2.45) is 17.6 Å². The Labute approximate surface area is 524 Å². The van der Waals surface area contributed by atoms with Crippen LogP contribution in [0.2, 0.25) is 5.02 Å². The van der Waals surface area contributed by atoms with Crippen LogP contribution in [0.1, 0.15) is 85.1 Å². The number of anilines is 3. The Morgan fingerprint density at radius 1 is 0.955 bits per heavy atom. The summed E-state index contributed by atoms with van der Waals surface area (Å²) in [6.45, 7) is 9.31. The molecule has 3 fully saturated rings. The smallest absolute Gasteiger partial charge is 0.412 e. The van der Waals surface area contributed by atoms with Gasteiger partial charge in [0.25, 0.3) is 11.8 Å². The first-order chi connectivity index (χ1) is 42.2. The number of methoxy groups -OCH3 is 2. The molecule has 0 spiro atoms. The van der Waals surface area contributed by atoms with Crippen molar-refractivity contribution in [3.05, 3.63) is 70.5 Å². The first-order valence-electron chi connectivity index (χ1n) is 28.7. The fourth-order valence-electron chi connectivity index (χ4n) is 10.1. The molecular weight excluding hydrogens is 1210 g/mol. The van der Waals surface area contributed by atoms with Crippen molar-refractivity contribution in [1.82, 2.24) is 31.6 Å². The Morgan fingerprint density at radius 3 is 2.33 bits per heavy atom. The standard InChI is InChI=1S/C58H78ClFN10O18S/c1-31(2)49(67-54(89)63-20-22-84-24-23-83-21-18-47(74)88-70-44(71)16-17-45(70)72)52(76)65-38(12-10-19-62-53(61)77)51(75)64-35-14-15-37(36(60)28-35)66-55(78)86-43-29-46(73)69(6)39-26-34(27-40(81-7)48(39)59)25-32(3)11-9-13-42(82-8)58(80)30-41(85-56(79)68-58)33(4)50-57(43,5)87-50/h9,11,13-15,26-28,31,33,38,41-43,49-50,80H,10,12,16-25,29-30H2,1-8H3,(H,64,75)(H,65,76)(H,66,78)(H,68,79)(H3,61,62,77)(H2,63,67,89)/b13-9+,32-11+/t33-,38+,41+,42-,43+,49+,50+,57+,58+/m1/s1. The van der Waals surface area contributed by atoms with Crippen LogP contribution in [0.4, 0.5) is 35.8 Å². The summed E-state index contributed by atoms with van der Waals surface area (Å²) in [6, 6.07) is 3.76. The van der Waals surface area contributed by atoms with Gasteiger partial charge in [0.1, 0.15) is 52.6 Å². The molecule has 4 aliphatic rings. The van der Waals surface area contributed by atoms with Crippen LogP contribution in [0.25, 0.3) is 0 Å². The number of hydrogen-bond donors (Lipinski definition) is 9. The Balaban J connectivity index is 1.09. The molecule has 2 aromatic carbocycles. The van der Waals surface area contributed by atoms with Gasteiger partial charge in [0, 0.05) is 58.1 Å². The topological polar surface area (TPSA) is 368 Å². The number of carbonyl (C=O) groups excluding carboxylic acids is 9. The molecule has 6 rings (SSSR count). The number of nitrogens with two attached hydrogens (primary N) is 1. The molecule has 4 aliphatic heterocycles. The average molecular weight is 1290 g/mol. The van der Waals surface area contributed by atoms with Crippen molar-refractivity contribution < 1.29 is 90.6 Å². The minimum Gasteiger partial charge on any atom is -0.495 e. The number of halogens is 2. The number of hydroxylamine groups is 2. The normalized spacial score (nSPS) is 24.3. The third-order valence-corrected chi connectivity index (χ3v) is 15.7.